The number of aromatic amines is 1. The Balaban J connectivity index is 1.45. The van der Waals surface area contributed by atoms with Crippen LogP contribution in [0.3, 0.4) is 0 Å². The molecule has 3 aromatic rings. The Labute approximate surface area is 236 Å². The first-order chi connectivity index (χ1) is 19.4. The summed E-state index contributed by atoms with van der Waals surface area (Å²) in [6.07, 6.45) is 4.60. The summed E-state index contributed by atoms with van der Waals surface area (Å²) in [6, 6.07) is 5.90. The summed E-state index contributed by atoms with van der Waals surface area (Å²) in [5.41, 5.74) is 3.20. The Kier molecular flexibility index (Phi) is 9.06. The molecule has 2 aliphatic rings. The number of aryl methyl sites for hydroxylation is 2. The Morgan fingerprint density at radius 2 is 1.80 bits per heavy atom. The van der Waals surface area contributed by atoms with Crippen LogP contribution in [-0.4, -0.2) is 91.3 Å². The number of rotatable bonds is 10. The van der Waals surface area contributed by atoms with Gasteiger partial charge in [0, 0.05) is 55.4 Å². The first-order valence-electron chi connectivity index (χ1n) is 14.5. The first-order valence-corrected chi connectivity index (χ1v) is 14.5. The predicted molar refractivity (Wildman–Crippen MR) is 160 cm³/mol. The molecular formula is C30H43N7O3. The minimum atomic E-state index is -0.0821. The van der Waals surface area contributed by atoms with Crippen LogP contribution >= 0.6 is 0 Å². The van der Waals surface area contributed by atoms with Gasteiger partial charge in [0.15, 0.2) is 11.5 Å². The molecule has 2 N–H and O–H groups in total. The fourth-order valence-corrected chi connectivity index (χ4v) is 5.67. The Hall–Kier alpha value is -3.37. The van der Waals surface area contributed by atoms with Gasteiger partial charge >= 0.3 is 0 Å². The van der Waals surface area contributed by atoms with Crippen LogP contribution in [0.5, 0.6) is 11.5 Å². The third-order valence-electron chi connectivity index (χ3n) is 7.97. The molecule has 0 spiro atoms. The van der Waals surface area contributed by atoms with Gasteiger partial charge in [-0.1, -0.05) is 0 Å². The van der Waals surface area contributed by atoms with Crippen LogP contribution in [0, 0.1) is 13.8 Å². The van der Waals surface area contributed by atoms with E-state index in [0.717, 1.165) is 67.7 Å². The van der Waals surface area contributed by atoms with Gasteiger partial charge in [0.25, 0.3) is 5.56 Å². The van der Waals surface area contributed by atoms with Crippen LogP contribution < -0.4 is 25.2 Å². The highest BCUT2D eigenvalue weighted by Crippen LogP contribution is 2.35. The highest BCUT2D eigenvalue weighted by molar-refractivity contribution is 5.92. The number of pyridine rings is 1. The molecular weight excluding hydrogens is 506 g/mol. The van der Waals surface area contributed by atoms with Gasteiger partial charge in [0.05, 0.1) is 19.2 Å². The van der Waals surface area contributed by atoms with Gasteiger partial charge in [-0.05, 0) is 83.9 Å². The molecule has 10 heteroatoms. The first kappa shape index (κ1) is 28.2. The van der Waals surface area contributed by atoms with E-state index < -0.39 is 0 Å². The molecule has 1 aromatic carbocycles. The van der Waals surface area contributed by atoms with E-state index in [1.165, 1.54) is 25.9 Å². The van der Waals surface area contributed by atoms with Gasteiger partial charge in [-0.15, -0.1) is 0 Å². The van der Waals surface area contributed by atoms with Crippen LogP contribution in [0.25, 0.3) is 10.9 Å². The molecule has 216 valence electrons. The monoisotopic (exact) mass is 549 g/mol. The second-order valence-corrected chi connectivity index (χ2v) is 11.1. The SMILES string of the molecule is COc1cc2c(NCc3c(C)cc(C)[nH]c3=O)nc(N3CCCN(C)CC3)nc2cc1OCCCN1CCCC1. The van der Waals surface area contributed by atoms with Crippen molar-refractivity contribution in [3.8, 4) is 11.5 Å². The van der Waals surface area contributed by atoms with Crippen molar-refractivity contribution < 1.29 is 9.47 Å². The van der Waals surface area contributed by atoms with Crippen molar-refractivity contribution in [3.63, 3.8) is 0 Å². The molecule has 40 heavy (non-hydrogen) atoms. The molecule has 4 heterocycles. The number of benzene rings is 1. The van der Waals surface area contributed by atoms with E-state index >= 15 is 0 Å². The number of H-pyrrole nitrogens is 1. The molecule has 10 nitrogen and oxygen atoms in total. The number of ether oxygens (including phenoxy) is 2. The standard InChI is InChI=1S/C30H43N7O3/c1-21-17-22(2)32-29(38)24(21)20-31-28-23-18-26(39-4)27(40-16-8-12-36-10-5-6-11-36)19-25(23)33-30(34-28)37-13-7-9-35(3)14-15-37/h17-19H,5-16,20H2,1-4H3,(H,32,38)(H,31,33,34). The molecule has 0 saturated carbocycles. The zero-order valence-electron chi connectivity index (χ0n) is 24.4. The van der Waals surface area contributed by atoms with E-state index in [-0.39, 0.29) is 5.56 Å². The molecule has 2 aromatic heterocycles. The number of nitrogens with zero attached hydrogens (tertiary/aromatic N) is 5. The number of hydrogen-bond donors (Lipinski definition) is 2. The predicted octanol–water partition coefficient (Wildman–Crippen LogP) is 3.56. The topological polar surface area (TPSA) is 98.8 Å². The molecule has 0 amide bonds. The zero-order chi connectivity index (χ0) is 28.1. The van der Waals surface area contributed by atoms with E-state index in [9.17, 15) is 4.79 Å². The third kappa shape index (κ3) is 6.67. The lowest BCUT2D eigenvalue weighted by Gasteiger charge is -2.22. The van der Waals surface area contributed by atoms with Crippen molar-refractivity contribution in [3.05, 3.63) is 45.4 Å². The molecule has 0 bridgehead atoms. The van der Waals surface area contributed by atoms with Crippen LogP contribution in [-0.2, 0) is 6.54 Å². The maximum atomic E-state index is 12.7. The summed E-state index contributed by atoms with van der Waals surface area (Å²) in [5, 5.41) is 4.28. The maximum Gasteiger partial charge on any atom is 0.253 e. The fourth-order valence-electron chi connectivity index (χ4n) is 5.67. The van der Waals surface area contributed by atoms with E-state index in [2.05, 4.69) is 32.0 Å². The largest absolute Gasteiger partial charge is 0.493 e. The van der Waals surface area contributed by atoms with Gasteiger partial charge in [0.2, 0.25) is 5.95 Å². The third-order valence-corrected chi connectivity index (χ3v) is 7.97. The Morgan fingerprint density at radius 3 is 2.58 bits per heavy atom. The van der Waals surface area contributed by atoms with E-state index in [1.54, 1.807) is 7.11 Å². The lowest BCUT2D eigenvalue weighted by atomic mass is 10.1. The van der Waals surface area contributed by atoms with Gasteiger partial charge in [-0.2, -0.15) is 4.98 Å². The van der Waals surface area contributed by atoms with Gasteiger partial charge < -0.3 is 34.5 Å². The minimum Gasteiger partial charge on any atom is -0.493 e. The van der Waals surface area contributed by atoms with Crippen molar-refractivity contribution in [2.24, 2.45) is 0 Å². The quantitative estimate of drug-likeness (QED) is 0.368. The Morgan fingerprint density at radius 1 is 0.975 bits per heavy atom. The highest BCUT2D eigenvalue weighted by Gasteiger charge is 2.20. The second-order valence-electron chi connectivity index (χ2n) is 11.1. The van der Waals surface area contributed by atoms with Crippen molar-refractivity contribution in [2.45, 2.75) is 46.1 Å². The lowest BCUT2D eigenvalue weighted by molar-refractivity contribution is 0.254. The van der Waals surface area contributed by atoms with Crippen LogP contribution in [0.4, 0.5) is 11.8 Å². The van der Waals surface area contributed by atoms with E-state index in [1.807, 2.05) is 32.0 Å². The fraction of sp³-hybridized carbons (Fsp3) is 0.567. The molecule has 0 aliphatic carbocycles. The van der Waals surface area contributed by atoms with E-state index in [0.29, 0.717) is 42.0 Å². The zero-order valence-corrected chi connectivity index (χ0v) is 24.4. The normalized spacial score (nSPS) is 16.9. The highest BCUT2D eigenvalue weighted by atomic mass is 16.5. The minimum absolute atomic E-state index is 0.0821. The summed E-state index contributed by atoms with van der Waals surface area (Å²) >= 11 is 0. The number of fused-ring (bicyclic) bond motifs is 1. The van der Waals surface area contributed by atoms with Crippen LogP contribution in [0.15, 0.2) is 23.0 Å². The molecule has 5 rings (SSSR count). The summed E-state index contributed by atoms with van der Waals surface area (Å²) in [7, 11) is 3.81. The van der Waals surface area contributed by atoms with Gasteiger partial charge in [-0.3, -0.25) is 4.79 Å². The summed E-state index contributed by atoms with van der Waals surface area (Å²) in [4.78, 5) is 32.7. The number of anilines is 2. The Bertz CT molecular complexity index is 1370. The molecule has 0 radical (unpaired) electrons. The number of hydrogen-bond acceptors (Lipinski definition) is 9. The summed E-state index contributed by atoms with van der Waals surface area (Å²) in [6.45, 7) is 12.0. The molecule has 2 aliphatic heterocycles. The molecule has 2 fully saturated rings. The van der Waals surface area contributed by atoms with Gasteiger partial charge in [-0.25, -0.2) is 4.98 Å². The average Bonchev–Trinajstić information content (AvgIpc) is 3.36. The van der Waals surface area contributed by atoms with Crippen molar-refractivity contribution in [1.82, 2.24) is 24.8 Å². The van der Waals surface area contributed by atoms with Crippen molar-refractivity contribution in [2.75, 3.05) is 76.8 Å². The second kappa shape index (κ2) is 12.9. The smallest absolute Gasteiger partial charge is 0.253 e. The average molecular weight is 550 g/mol. The molecule has 2 saturated heterocycles. The number of likely N-dealkylation sites (tertiary alicyclic amines) is 1. The number of aromatic nitrogens is 3. The maximum absolute atomic E-state index is 12.7. The van der Waals surface area contributed by atoms with Crippen molar-refractivity contribution in [1.29, 1.82) is 0 Å². The number of nitrogens with one attached hydrogen (secondary N) is 2. The van der Waals surface area contributed by atoms with E-state index in [4.69, 9.17) is 19.4 Å². The van der Waals surface area contributed by atoms with Crippen molar-refractivity contribution >= 4 is 22.7 Å². The summed E-state index contributed by atoms with van der Waals surface area (Å²) in [5.74, 6) is 2.70. The number of likely N-dealkylation sites (N-methyl/N-ethyl adjacent to an activating group) is 1. The summed E-state index contributed by atoms with van der Waals surface area (Å²) < 4.78 is 12.0. The van der Waals surface area contributed by atoms with Gasteiger partial charge in [0.1, 0.15) is 5.82 Å². The molecule has 0 atom stereocenters. The number of methoxy groups -OCH3 is 1. The lowest BCUT2D eigenvalue weighted by Crippen LogP contribution is -2.30. The van der Waals surface area contributed by atoms with Crippen LogP contribution in [0.2, 0.25) is 0 Å². The van der Waals surface area contributed by atoms with Crippen LogP contribution in [0.1, 0.15) is 42.5 Å². The molecule has 0 unspecified atom stereocenters.